The van der Waals surface area contributed by atoms with Crippen molar-refractivity contribution in [3.05, 3.63) is 57.3 Å². The number of aryl methyl sites for hydroxylation is 2. The Hall–Kier alpha value is -3.76. The van der Waals surface area contributed by atoms with Crippen LogP contribution in [0.5, 0.6) is 11.5 Å². The largest absolute Gasteiger partial charge is 0.497 e. The molecule has 44 heavy (non-hydrogen) atoms. The summed E-state index contributed by atoms with van der Waals surface area (Å²) < 4.78 is 23.2. The van der Waals surface area contributed by atoms with E-state index < -0.39 is 11.6 Å². The summed E-state index contributed by atoms with van der Waals surface area (Å²) in [6.07, 6.45) is 2.61. The molecule has 0 aliphatic heterocycles. The van der Waals surface area contributed by atoms with Gasteiger partial charge in [-0.3, -0.25) is 19.2 Å². The molecule has 2 aromatic carbocycles. The maximum Gasteiger partial charge on any atom is 0.306 e. The fourth-order valence-corrected chi connectivity index (χ4v) is 7.10. The van der Waals surface area contributed by atoms with Gasteiger partial charge in [-0.2, -0.15) is 0 Å². The molecule has 0 radical (unpaired) electrons. The van der Waals surface area contributed by atoms with Gasteiger partial charge in [0, 0.05) is 22.2 Å². The van der Waals surface area contributed by atoms with Gasteiger partial charge in [-0.05, 0) is 98.3 Å². The third kappa shape index (κ3) is 8.45. The summed E-state index contributed by atoms with van der Waals surface area (Å²) in [5, 5.41) is 1.93. The van der Waals surface area contributed by atoms with E-state index in [0.717, 1.165) is 62.1 Å². The van der Waals surface area contributed by atoms with E-state index in [-0.39, 0.29) is 43.2 Å². The van der Waals surface area contributed by atoms with Gasteiger partial charge in [0.25, 0.3) is 0 Å². The van der Waals surface area contributed by atoms with Crippen molar-refractivity contribution < 1.29 is 38.1 Å². The van der Waals surface area contributed by atoms with Gasteiger partial charge in [0.15, 0.2) is 11.6 Å². The van der Waals surface area contributed by atoms with Crippen LogP contribution in [0.1, 0.15) is 83.3 Å². The lowest BCUT2D eigenvalue weighted by molar-refractivity contribution is -0.154. The zero-order chi connectivity index (χ0) is 32.0. The zero-order valence-electron chi connectivity index (χ0n) is 26.0. The summed E-state index contributed by atoms with van der Waals surface area (Å²) in [6.45, 7) is 5.41. The molecule has 10 heteroatoms. The van der Waals surface area contributed by atoms with Gasteiger partial charge in [0.1, 0.15) is 17.1 Å². The van der Waals surface area contributed by atoms with Crippen LogP contribution < -0.4 is 9.47 Å². The van der Waals surface area contributed by atoms with E-state index in [1.165, 1.54) is 29.8 Å². The van der Waals surface area contributed by atoms with Crippen LogP contribution in [0.3, 0.4) is 0 Å². The van der Waals surface area contributed by atoms with Crippen molar-refractivity contribution >= 4 is 66.4 Å². The molecule has 8 nitrogen and oxygen atoms in total. The molecule has 0 aliphatic rings. The van der Waals surface area contributed by atoms with Crippen LogP contribution in [0.2, 0.25) is 0 Å². The number of Topliss-reactive ketones (excluding diaryl/α,β-unsaturated/α-hetero) is 2. The lowest BCUT2D eigenvalue weighted by Crippen LogP contribution is -2.24. The number of ketones is 2. The number of ether oxygens (including phenoxy) is 4. The molecule has 234 valence electrons. The first-order valence-corrected chi connectivity index (χ1v) is 16.1. The number of hydrogen-bond donors (Lipinski definition) is 0. The maximum atomic E-state index is 12.9. The minimum absolute atomic E-state index is 0.0454. The van der Waals surface area contributed by atoms with Gasteiger partial charge >= 0.3 is 11.9 Å². The smallest absolute Gasteiger partial charge is 0.306 e. The Bertz CT molecular complexity index is 1690. The lowest BCUT2D eigenvalue weighted by atomic mass is 9.99. The minimum Gasteiger partial charge on any atom is -0.497 e. The number of carbonyl (C=O) groups is 4. The van der Waals surface area contributed by atoms with Crippen molar-refractivity contribution in [2.24, 2.45) is 0 Å². The second-order valence-electron chi connectivity index (χ2n) is 11.5. The van der Waals surface area contributed by atoms with Crippen molar-refractivity contribution in [1.82, 2.24) is 0 Å². The number of benzene rings is 2. The number of thiophene rings is 2. The molecule has 0 aliphatic carbocycles. The van der Waals surface area contributed by atoms with Crippen molar-refractivity contribution in [3.63, 3.8) is 0 Å². The molecule has 0 saturated heterocycles. The first-order chi connectivity index (χ1) is 20.9. The van der Waals surface area contributed by atoms with Crippen LogP contribution in [-0.4, -0.2) is 50.4 Å². The SMILES string of the molecule is COC(=O)CCC(=O)c1cc2c(CCCc3cc4sc(C(=O)CCC(=O)OC(C)(C)C)cc4cc3OC)cc(OC)cc2s1. The van der Waals surface area contributed by atoms with Gasteiger partial charge in [0.2, 0.25) is 0 Å². The first-order valence-electron chi connectivity index (χ1n) is 14.5. The fraction of sp³-hybridized carbons (Fsp3) is 0.412. The predicted molar refractivity (Wildman–Crippen MR) is 174 cm³/mol. The topological polar surface area (TPSA) is 105 Å². The molecule has 0 saturated carbocycles. The number of fused-ring (bicyclic) bond motifs is 2. The van der Waals surface area contributed by atoms with Crippen LogP contribution in [0.15, 0.2) is 36.4 Å². The molecule has 4 aromatic rings. The summed E-state index contributed by atoms with van der Waals surface area (Å²) in [5.74, 6) is 0.529. The number of esters is 2. The molecule has 2 aromatic heterocycles. The highest BCUT2D eigenvalue weighted by Crippen LogP contribution is 2.36. The van der Waals surface area contributed by atoms with E-state index in [2.05, 4.69) is 10.8 Å². The Balaban J connectivity index is 1.47. The van der Waals surface area contributed by atoms with E-state index >= 15 is 0 Å². The zero-order valence-corrected chi connectivity index (χ0v) is 27.6. The van der Waals surface area contributed by atoms with Gasteiger partial charge in [-0.15, -0.1) is 22.7 Å². The fourth-order valence-electron chi connectivity index (χ4n) is 4.92. The molecule has 0 fully saturated rings. The molecule has 0 atom stereocenters. The van der Waals surface area contributed by atoms with Gasteiger partial charge in [-0.1, -0.05) is 0 Å². The highest BCUT2D eigenvalue weighted by molar-refractivity contribution is 7.21. The molecule has 0 amide bonds. The second kappa shape index (κ2) is 14.3. The molecule has 0 N–H and O–H groups in total. The number of methoxy groups -OCH3 is 3. The number of rotatable bonds is 14. The van der Waals surface area contributed by atoms with Crippen molar-refractivity contribution in [3.8, 4) is 11.5 Å². The third-order valence-corrected chi connectivity index (χ3v) is 9.32. The summed E-state index contributed by atoms with van der Waals surface area (Å²) in [7, 11) is 4.58. The molecule has 0 spiro atoms. The molecule has 0 unspecified atom stereocenters. The van der Waals surface area contributed by atoms with E-state index in [9.17, 15) is 19.2 Å². The Morgan fingerprint density at radius 1 is 0.682 bits per heavy atom. The molecule has 4 rings (SSSR count). The van der Waals surface area contributed by atoms with Crippen LogP contribution >= 0.6 is 22.7 Å². The summed E-state index contributed by atoms with van der Waals surface area (Å²) in [4.78, 5) is 50.4. The Morgan fingerprint density at radius 2 is 1.32 bits per heavy atom. The number of hydrogen-bond acceptors (Lipinski definition) is 10. The van der Waals surface area contributed by atoms with Gasteiger partial charge in [0.05, 0.1) is 43.9 Å². The van der Waals surface area contributed by atoms with Crippen molar-refractivity contribution in [2.75, 3.05) is 21.3 Å². The first kappa shape index (κ1) is 33.1. The van der Waals surface area contributed by atoms with Crippen molar-refractivity contribution in [2.45, 2.75) is 71.3 Å². The Labute approximate surface area is 265 Å². The minimum atomic E-state index is -0.582. The highest BCUT2D eigenvalue weighted by Gasteiger charge is 2.20. The molecule has 0 bridgehead atoms. The molecular weight excluding hydrogens is 601 g/mol. The maximum absolute atomic E-state index is 12.9. The lowest BCUT2D eigenvalue weighted by Gasteiger charge is -2.19. The normalized spacial score (nSPS) is 11.5. The van der Waals surface area contributed by atoms with Crippen LogP contribution in [0, 0.1) is 0 Å². The van der Waals surface area contributed by atoms with E-state index in [0.29, 0.717) is 9.75 Å². The van der Waals surface area contributed by atoms with E-state index in [1.807, 2.05) is 30.3 Å². The average molecular weight is 639 g/mol. The van der Waals surface area contributed by atoms with Crippen LogP contribution in [-0.2, 0) is 31.9 Å². The van der Waals surface area contributed by atoms with Crippen molar-refractivity contribution in [1.29, 1.82) is 0 Å². The second-order valence-corrected chi connectivity index (χ2v) is 13.7. The van der Waals surface area contributed by atoms with Crippen LogP contribution in [0.4, 0.5) is 0 Å². The van der Waals surface area contributed by atoms with E-state index in [4.69, 9.17) is 14.2 Å². The predicted octanol–water partition coefficient (Wildman–Crippen LogP) is 7.75. The quantitative estimate of drug-likeness (QED) is 0.102. The van der Waals surface area contributed by atoms with E-state index in [1.54, 1.807) is 35.0 Å². The standard InChI is InChI=1S/C34H38O8S2/c1-34(2,3)42-33(38)13-11-25(35)30-17-22-15-27(40-5)21(16-28(22)43-30)9-7-8-20-14-23(39-4)18-29-24(20)19-31(44-29)26(36)10-12-32(37)41-6/h14-19H,7-13H2,1-6H3. The Morgan fingerprint density at radius 3 is 1.95 bits per heavy atom. The average Bonchev–Trinajstić information content (AvgIpc) is 3.61. The summed E-state index contributed by atoms with van der Waals surface area (Å²) in [5.41, 5.74) is 1.54. The highest BCUT2D eigenvalue weighted by atomic mass is 32.1. The third-order valence-electron chi connectivity index (χ3n) is 7.05. The van der Waals surface area contributed by atoms with Gasteiger partial charge < -0.3 is 18.9 Å². The molecular formula is C34H38O8S2. The molecule has 2 heterocycles. The number of carbonyl (C=O) groups excluding carboxylic acids is 4. The van der Waals surface area contributed by atoms with Crippen LogP contribution in [0.25, 0.3) is 20.2 Å². The Kier molecular flexibility index (Phi) is 10.8. The summed E-state index contributed by atoms with van der Waals surface area (Å²) in [6, 6.07) is 11.7. The van der Waals surface area contributed by atoms with Gasteiger partial charge in [-0.25, -0.2) is 0 Å². The summed E-state index contributed by atoms with van der Waals surface area (Å²) >= 11 is 2.82. The monoisotopic (exact) mass is 638 g/mol.